The van der Waals surface area contributed by atoms with E-state index < -0.39 is 10.0 Å². The first kappa shape index (κ1) is 20.4. The Bertz CT molecular complexity index is 914. The topological polar surface area (TPSA) is 75.7 Å². The van der Waals surface area contributed by atoms with Gasteiger partial charge in [0.15, 0.2) is 0 Å². The second-order valence-electron chi connectivity index (χ2n) is 7.48. The van der Waals surface area contributed by atoms with E-state index in [1.165, 1.54) is 12.1 Å². The summed E-state index contributed by atoms with van der Waals surface area (Å²) in [5.74, 6) is 1.09. The third-order valence-electron chi connectivity index (χ3n) is 4.94. The zero-order valence-corrected chi connectivity index (χ0v) is 17.2. The van der Waals surface area contributed by atoms with Crippen LogP contribution < -0.4 is 10.1 Å². The van der Waals surface area contributed by atoms with E-state index in [1.807, 2.05) is 0 Å². The number of methoxy groups -OCH3 is 1. The summed E-state index contributed by atoms with van der Waals surface area (Å²) in [6.07, 6.45) is 1.04. The molecule has 1 saturated heterocycles. The summed E-state index contributed by atoms with van der Waals surface area (Å²) in [4.78, 5) is 12.6. The Balaban J connectivity index is 1.72. The summed E-state index contributed by atoms with van der Waals surface area (Å²) in [7, 11) is -1.97. The van der Waals surface area contributed by atoms with Gasteiger partial charge in [-0.1, -0.05) is 13.8 Å². The molecule has 1 aliphatic rings. The van der Waals surface area contributed by atoms with Crippen molar-refractivity contribution in [1.82, 2.24) is 4.31 Å². The number of nitrogens with one attached hydrogen (secondary N) is 1. The van der Waals surface area contributed by atoms with E-state index in [-0.39, 0.29) is 10.8 Å². The van der Waals surface area contributed by atoms with Crippen molar-refractivity contribution in [2.24, 2.45) is 11.8 Å². The van der Waals surface area contributed by atoms with Gasteiger partial charge in [-0.2, -0.15) is 4.31 Å². The largest absolute Gasteiger partial charge is 0.497 e. The van der Waals surface area contributed by atoms with E-state index in [1.54, 1.807) is 47.8 Å². The molecule has 1 fully saturated rings. The molecule has 28 heavy (non-hydrogen) atoms. The normalized spacial score (nSPS) is 20.5. The van der Waals surface area contributed by atoms with Crippen molar-refractivity contribution in [3.8, 4) is 5.75 Å². The van der Waals surface area contributed by atoms with Gasteiger partial charge < -0.3 is 10.1 Å². The number of sulfonamides is 1. The van der Waals surface area contributed by atoms with Crippen molar-refractivity contribution in [3.63, 3.8) is 0 Å². The molecule has 150 valence electrons. The number of hydrogen-bond donors (Lipinski definition) is 1. The minimum absolute atomic E-state index is 0.217. The summed E-state index contributed by atoms with van der Waals surface area (Å²) in [6.45, 7) is 5.22. The van der Waals surface area contributed by atoms with E-state index in [4.69, 9.17) is 4.74 Å². The van der Waals surface area contributed by atoms with Crippen LogP contribution in [0.25, 0.3) is 0 Å². The van der Waals surface area contributed by atoms with E-state index in [0.717, 1.165) is 6.42 Å². The van der Waals surface area contributed by atoms with Crippen LogP contribution >= 0.6 is 0 Å². The molecule has 0 aliphatic carbocycles. The molecule has 3 rings (SSSR count). The third-order valence-corrected chi connectivity index (χ3v) is 6.78. The monoisotopic (exact) mass is 402 g/mol. The molecule has 2 atom stereocenters. The fraction of sp³-hybridized carbons (Fsp3) is 0.381. The fourth-order valence-electron chi connectivity index (χ4n) is 3.61. The molecule has 0 aromatic heterocycles. The van der Waals surface area contributed by atoms with Gasteiger partial charge in [0.2, 0.25) is 10.0 Å². The SMILES string of the molecule is COc1ccc(NC(=O)c2ccc(S(=O)(=O)N3CC(C)CC(C)C3)cc2)cc1. The van der Waals surface area contributed by atoms with Gasteiger partial charge in [-0.25, -0.2) is 8.42 Å². The molecule has 2 aromatic rings. The number of anilines is 1. The molecule has 2 unspecified atom stereocenters. The molecule has 1 aliphatic heterocycles. The summed E-state index contributed by atoms with van der Waals surface area (Å²) < 4.78 is 32.5. The number of rotatable bonds is 5. The highest BCUT2D eigenvalue weighted by molar-refractivity contribution is 7.89. The number of piperidine rings is 1. The van der Waals surface area contributed by atoms with E-state index in [9.17, 15) is 13.2 Å². The first-order valence-corrected chi connectivity index (χ1v) is 10.8. The van der Waals surface area contributed by atoms with Crippen LogP contribution in [0.5, 0.6) is 5.75 Å². The zero-order valence-electron chi connectivity index (χ0n) is 16.4. The fourth-order valence-corrected chi connectivity index (χ4v) is 5.29. The van der Waals surface area contributed by atoms with Crippen LogP contribution in [0.1, 0.15) is 30.6 Å². The van der Waals surface area contributed by atoms with Crippen molar-refractivity contribution in [2.75, 3.05) is 25.5 Å². The van der Waals surface area contributed by atoms with E-state index in [2.05, 4.69) is 19.2 Å². The molecule has 1 amide bonds. The van der Waals surface area contributed by atoms with Crippen LogP contribution in [0.4, 0.5) is 5.69 Å². The molecular weight excluding hydrogens is 376 g/mol. The molecule has 0 saturated carbocycles. The van der Waals surface area contributed by atoms with E-state index >= 15 is 0 Å². The van der Waals surface area contributed by atoms with Crippen LogP contribution in [0, 0.1) is 11.8 Å². The van der Waals surface area contributed by atoms with Crippen molar-refractivity contribution >= 4 is 21.6 Å². The zero-order chi connectivity index (χ0) is 20.3. The Labute approximate surface area is 166 Å². The lowest BCUT2D eigenvalue weighted by Gasteiger charge is -2.34. The lowest BCUT2D eigenvalue weighted by molar-refractivity contribution is 0.102. The average molecular weight is 403 g/mol. The number of nitrogens with zero attached hydrogens (tertiary/aromatic N) is 1. The van der Waals surface area contributed by atoms with E-state index in [0.29, 0.717) is 41.9 Å². The standard InChI is InChI=1S/C21H26N2O4S/c1-15-12-16(2)14-23(13-15)28(25,26)20-10-4-17(5-11-20)21(24)22-18-6-8-19(27-3)9-7-18/h4-11,15-16H,12-14H2,1-3H3,(H,22,24). The van der Waals surface area contributed by atoms with Gasteiger partial charge in [0.05, 0.1) is 12.0 Å². The summed E-state index contributed by atoms with van der Waals surface area (Å²) >= 11 is 0. The maximum absolute atomic E-state index is 12.9. The lowest BCUT2D eigenvalue weighted by Crippen LogP contribution is -2.42. The molecule has 1 heterocycles. The van der Waals surface area contributed by atoms with Crippen molar-refractivity contribution in [2.45, 2.75) is 25.2 Å². The predicted octanol–water partition coefficient (Wildman–Crippen LogP) is 3.61. The third kappa shape index (κ3) is 4.54. The highest BCUT2D eigenvalue weighted by Crippen LogP contribution is 2.27. The summed E-state index contributed by atoms with van der Waals surface area (Å²) in [5, 5.41) is 2.79. The Kier molecular flexibility index (Phi) is 6.05. The molecule has 0 bridgehead atoms. The molecule has 1 N–H and O–H groups in total. The molecule has 0 spiro atoms. The number of ether oxygens (including phenoxy) is 1. The van der Waals surface area contributed by atoms with Crippen LogP contribution in [0.3, 0.4) is 0 Å². The van der Waals surface area contributed by atoms with Gasteiger partial charge in [0, 0.05) is 24.3 Å². The van der Waals surface area contributed by atoms with Crippen LogP contribution in [0.15, 0.2) is 53.4 Å². The van der Waals surface area contributed by atoms with Gasteiger partial charge in [-0.15, -0.1) is 0 Å². The molecule has 2 aromatic carbocycles. The highest BCUT2D eigenvalue weighted by Gasteiger charge is 2.31. The Morgan fingerprint density at radius 2 is 1.57 bits per heavy atom. The van der Waals surface area contributed by atoms with Crippen LogP contribution in [0.2, 0.25) is 0 Å². The highest BCUT2D eigenvalue weighted by atomic mass is 32.2. The number of hydrogen-bond acceptors (Lipinski definition) is 4. The first-order valence-electron chi connectivity index (χ1n) is 9.35. The number of amides is 1. The second kappa shape index (κ2) is 8.32. The maximum atomic E-state index is 12.9. The molecule has 6 nitrogen and oxygen atoms in total. The Hall–Kier alpha value is -2.38. The smallest absolute Gasteiger partial charge is 0.255 e. The Morgan fingerprint density at radius 1 is 1.00 bits per heavy atom. The van der Waals surface area contributed by atoms with Gasteiger partial charge in [0.1, 0.15) is 5.75 Å². The first-order chi connectivity index (χ1) is 13.3. The maximum Gasteiger partial charge on any atom is 0.255 e. The molecule has 7 heteroatoms. The summed E-state index contributed by atoms with van der Waals surface area (Å²) in [5.41, 5.74) is 1.04. The van der Waals surface area contributed by atoms with Crippen molar-refractivity contribution < 1.29 is 17.9 Å². The number of carbonyl (C=O) groups is 1. The van der Waals surface area contributed by atoms with Gasteiger partial charge in [0.25, 0.3) is 5.91 Å². The minimum Gasteiger partial charge on any atom is -0.497 e. The minimum atomic E-state index is -3.55. The van der Waals surface area contributed by atoms with Crippen LogP contribution in [-0.4, -0.2) is 38.8 Å². The summed E-state index contributed by atoms with van der Waals surface area (Å²) in [6, 6.07) is 13.1. The Morgan fingerprint density at radius 3 is 2.11 bits per heavy atom. The second-order valence-corrected chi connectivity index (χ2v) is 9.41. The lowest BCUT2D eigenvalue weighted by atomic mass is 9.94. The van der Waals surface area contributed by atoms with Crippen molar-refractivity contribution in [3.05, 3.63) is 54.1 Å². The van der Waals surface area contributed by atoms with Gasteiger partial charge in [-0.3, -0.25) is 4.79 Å². The van der Waals surface area contributed by atoms with Crippen LogP contribution in [-0.2, 0) is 10.0 Å². The quantitative estimate of drug-likeness (QED) is 0.829. The average Bonchev–Trinajstić information content (AvgIpc) is 2.68. The number of benzene rings is 2. The number of carbonyl (C=O) groups excluding carboxylic acids is 1. The molecule has 0 radical (unpaired) electrons. The predicted molar refractivity (Wildman–Crippen MR) is 109 cm³/mol. The van der Waals surface area contributed by atoms with Gasteiger partial charge in [-0.05, 0) is 66.8 Å². The molecular formula is C21H26N2O4S. The van der Waals surface area contributed by atoms with Crippen molar-refractivity contribution in [1.29, 1.82) is 0 Å². The van der Waals surface area contributed by atoms with Gasteiger partial charge >= 0.3 is 0 Å².